The molecule has 0 saturated heterocycles. The van der Waals surface area contributed by atoms with Gasteiger partial charge < -0.3 is 9.47 Å². The molecule has 0 fully saturated rings. The zero-order valence-corrected chi connectivity index (χ0v) is 14.9. The van der Waals surface area contributed by atoms with Crippen LogP contribution in [-0.2, 0) is 9.53 Å². The summed E-state index contributed by atoms with van der Waals surface area (Å²) in [6, 6.07) is 13.0. The third-order valence-electron chi connectivity index (χ3n) is 3.16. The molecule has 0 saturated carbocycles. The lowest BCUT2D eigenvalue weighted by atomic mass is 10.3. The van der Waals surface area contributed by atoms with E-state index in [2.05, 4.69) is 9.98 Å². The first-order chi connectivity index (χ1) is 12.2. The van der Waals surface area contributed by atoms with Crippen LogP contribution in [0.1, 0.15) is 9.75 Å². The first-order valence-electron chi connectivity index (χ1n) is 7.15. The Morgan fingerprint density at radius 3 is 2.76 bits per heavy atom. The number of ether oxygens (including phenoxy) is 2. The Hall–Kier alpha value is -2.48. The molecule has 25 heavy (non-hydrogen) atoms. The van der Waals surface area contributed by atoms with Gasteiger partial charge in [-0.25, -0.2) is 9.79 Å². The van der Waals surface area contributed by atoms with Crippen molar-refractivity contribution < 1.29 is 14.3 Å². The number of hydrogen-bond acceptors (Lipinski definition) is 7. The quantitative estimate of drug-likeness (QED) is 0.466. The molecule has 4 rings (SSSR count). The lowest BCUT2D eigenvalue weighted by Gasteiger charge is -1.98. The van der Waals surface area contributed by atoms with Crippen LogP contribution < -0.4 is 4.74 Å². The molecule has 0 unspecified atom stereocenters. The van der Waals surface area contributed by atoms with Gasteiger partial charge in [0, 0.05) is 0 Å². The summed E-state index contributed by atoms with van der Waals surface area (Å²) in [4.78, 5) is 21.8. The standard InChI is InChI=1S/C17H9ClN2O3S2/c18-14-13(25-17(20-14)22-10-5-2-1-3-6-10)9-11-16(21)23-15(19-11)12-7-4-8-24-12/h1-9H. The fourth-order valence-corrected chi connectivity index (χ4v) is 3.76. The number of carbonyl (C=O) groups excluding carboxylic acids is 1. The van der Waals surface area contributed by atoms with Gasteiger partial charge in [0.05, 0.1) is 9.75 Å². The Morgan fingerprint density at radius 1 is 1.16 bits per heavy atom. The average Bonchev–Trinajstić information content (AvgIpc) is 3.31. The molecule has 2 aromatic heterocycles. The second-order valence-electron chi connectivity index (χ2n) is 4.86. The lowest BCUT2D eigenvalue weighted by molar-refractivity contribution is -0.129. The lowest BCUT2D eigenvalue weighted by Crippen LogP contribution is -2.03. The summed E-state index contributed by atoms with van der Waals surface area (Å²) >= 11 is 8.82. The van der Waals surface area contributed by atoms with Gasteiger partial charge in [-0.2, -0.15) is 4.98 Å². The van der Waals surface area contributed by atoms with Crippen molar-refractivity contribution in [1.82, 2.24) is 4.98 Å². The van der Waals surface area contributed by atoms with E-state index in [1.165, 1.54) is 22.7 Å². The highest BCUT2D eigenvalue weighted by Gasteiger charge is 2.25. The van der Waals surface area contributed by atoms with Gasteiger partial charge in [0.2, 0.25) is 5.90 Å². The van der Waals surface area contributed by atoms with Crippen LogP contribution in [0.15, 0.2) is 58.5 Å². The molecule has 3 aromatic rings. The molecule has 0 atom stereocenters. The molecule has 1 aromatic carbocycles. The van der Waals surface area contributed by atoms with Gasteiger partial charge >= 0.3 is 5.97 Å². The molecule has 124 valence electrons. The number of thiazole rings is 1. The predicted octanol–water partition coefficient (Wildman–Crippen LogP) is 4.99. The van der Waals surface area contributed by atoms with Crippen LogP contribution in [0.3, 0.4) is 0 Å². The fourth-order valence-electron chi connectivity index (χ4n) is 2.06. The number of halogens is 1. The Morgan fingerprint density at radius 2 is 2.00 bits per heavy atom. The number of para-hydroxylation sites is 1. The maximum Gasteiger partial charge on any atom is 0.363 e. The number of aromatic nitrogens is 1. The Labute approximate surface area is 155 Å². The number of aliphatic imine (C=N–C) groups is 1. The summed E-state index contributed by atoms with van der Waals surface area (Å²) in [6.45, 7) is 0. The molecule has 0 radical (unpaired) electrons. The average molecular weight is 389 g/mol. The van der Waals surface area contributed by atoms with E-state index in [9.17, 15) is 4.79 Å². The van der Waals surface area contributed by atoms with Gasteiger partial charge in [0.1, 0.15) is 5.75 Å². The zero-order valence-electron chi connectivity index (χ0n) is 12.5. The van der Waals surface area contributed by atoms with Gasteiger partial charge in [-0.1, -0.05) is 47.2 Å². The molecular formula is C17H9ClN2O3S2. The van der Waals surface area contributed by atoms with Gasteiger partial charge in [-0.3, -0.25) is 0 Å². The molecule has 0 N–H and O–H groups in total. The fraction of sp³-hybridized carbons (Fsp3) is 0. The van der Waals surface area contributed by atoms with Crippen LogP contribution in [0.2, 0.25) is 5.15 Å². The number of benzene rings is 1. The number of nitrogens with zero attached hydrogens (tertiary/aromatic N) is 2. The highest BCUT2D eigenvalue weighted by Crippen LogP contribution is 2.34. The van der Waals surface area contributed by atoms with Crippen molar-refractivity contribution >= 4 is 52.2 Å². The second kappa shape index (κ2) is 6.79. The summed E-state index contributed by atoms with van der Waals surface area (Å²) in [5.41, 5.74) is 0.181. The van der Waals surface area contributed by atoms with E-state index in [0.717, 1.165) is 4.88 Å². The van der Waals surface area contributed by atoms with E-state index in [1.54, 1.807) is 6.08 Å². The first-order valence-corrected chi connectivity index (χ1v) is 9.22. The van der Waals surface area contributed by atoms with E-state index in [0.29, 0.717) is 21.7 Å². The SMILES string of the molecule is O=C1OC(c2cccs2)=NC1=Cc1sc(Oc2ccccc2)nc1Cl. The van der Waals surface area contributed by atoms with E-state index in [4.69, 9.17) is 21.1 Å². The third kappa shape index (κ3) is 3.48. The molecule has 3 heterocycles. The summed E-state index contributed by atoms with van der Waals surface area (Å²) in [7, 11) is 0. The molecule has 1 aliphatic heterocycles. The topological polar surface area (TPSA) is 60.8 Å². The van der Waals surface area contributed by atoms with Crippen LogP contribution in [0, 0.1) is 0 Å². The smallest absolute Gasteiger partial charge is 0.363 e. The van der Waals surface area contributed by atoms with E-state index in [1.807, 2.05) is 47.8 Å². The highest BCUT2D eigenvalue weighted by atomic mass is 35.5. The monoisotopic (exact) mass is 388 g/mol. The van der Waals surface area contributed by atoms with Crippen molar-refractivity contribution in [2.45, 2.75) is 0 Å². The maximum atomic E-state index is 12.0. The van der Waals surface area contributed by atoms with Gasteiger partial charge in [-0.05, 0) is 29.7 Å². The number of thiophene rings is 1. The van der Waals surface area contributed by atoms with Crippen molar-refractivity contribution in [3.63, 3.8) is 0 Å². The minimum atomic E-state index is -0.515. The largest absolute Gasteiger partial charge is 0.431 e. The zero-order chi connectivity index (χ0) is 17.2. The molecule has 0 spiro atoms. The molecule has 5 nitrogen and oxygen atoms in total. The number of hydrogen-bond donors (Lipinski definition) is 0. The van der Waals surface area contributed by atoms with Crippen LogP contribution in [-0.4, -0.2) is 16.9 Å². The number of rotatable bonds is 4. The summed E-state index contributed by atoms with van der Waals surface area (Å²) in [6.07, 6.45) is 1.56. The number of carbonyl (C=O) groups is 1. The number of cyclic esters (lactones) is 1. The molecule has 1 aliphatic rings. The highest BCUT2D eigenvalue weighted by molar-refractivity contribution is 7.15. The minimum Gasteiger partial charge on any atom is -0.431 e. The van der Waals surface area contributed by atoms with Gasteiger partial charge in [0.25, 0.3) is 5.19 Å². The van der Waals surface area contributed by atoms with E-state index in [-0.39, 0.29) is 10.9 Å². The molecule has 0 aliphatic carbocycles. The number of esters is 1. The van der Waals surface area contributed by atoms with Crippen molar-refractivity contribution in [1.29, 1.82) is 0 Å². The van der Waals surface area contributed by atoms with E-state index >= 15 is 0 Å². The summed E-state index contributed by atoms with van der Waals surface area (Å²) in [5.74, 6) is 0.441. The van der Waals surface area contributed by atoms with Gasteiger partial charge in [0.15, 0.2) is 10.9 Å². The van der Waals surface area contributed by atoms with Crippen molar-refractivity contribution in [3.8, 4) is 10.9 Å². The second-order valence-corrected chi connectivity index (χ2v) is 7.16. The third-order valence-corrected chi connectivity index (χ3v) is 5.30. The molecule has 8 heteroatoms. The summed E-state index contributed by atoms with van der Waals surface area (Å²) < 4.78 is 10.9. The van der Waals surface area contributed by atoms with Crippen molar-refractivity contribution in [3.05, 3.63) is 68.4 Å². The first kappa shape index (κ1) is 16.0. The van der Waals surface area contributed by atoms with Crippen LogP contribution >= 0.6 is 34.3 Å². The Balaban J connectivity index is 1.60. The van der Waals surface area contributed by atoms with Crippen LogP contribution in [0.4, 0.5) is 0 Å². The van der Waals surface area contributed by atoms with Crippen molar-refractivity contribution in [2.24, 2.45) is 4.99 Å². The van der Waals surface area contributed by atoms with Crippen LogP contribution in [0.5, 0.6) is 10.9 Å². The molecule has 0 amide bonds. The normalized spacial score (nSPS) is 15.3. The van der Waals surface area contributed by atoms with E-state index < -0.39 is 5.97 Å². The van der Waals surface area contributed by atoms with Crippen LogP contribution in [0.25, 0.3) is 6.08 Å². The predicted molar refractivity (Wildman–Crippen MR) is 98.6 cm³/mol. The van der Waals surface area contributed by atoms with Gasteiger partial charge in [-0.15, -0.1) is 11.3 Å². The molecule has 0 bridgehead atoms. The maximum absolute atomic E-state index is 12.0. The minimum absolute atomic E-state index is 0.181. The van der Waals surface area contributed by atoms with Crippen molar-refractivity contribution in [2.75, 3.05) is 0 Å². The molecular weight excluding hydrogens is 380 g/mol. The summed E-state index contributed by atoms with van der Waals surface area (Å²) in [5, 5.41) is 2.52. The Bertz CT molecular complexity index is 979. The Kier molecular flexibility index (Phi) is 4.35.